The Hall–Kier alpha value is -4.06. The van der Waals surface area contributed by atoms with Gasteiger partial charge in [-0.05, 0) is 42.0 Å². The summed E-state index contributed by atoms with van der Waals surface area (Å²) < 4.78 is 86.3. The number of aryl methyl sites for hydroxylation is 1. The Balaban J connectivity index is 2.01. The molecule has 0 saturated carbocycles. The van der Waals surface area contributed by atoms with E-state index in [-0.39, 0.29) is 49.9 Å². The van der Waals surface area contributed by atoms with Crippen LogP contribution in [0.15, 0.2) is 36.4 Å². The van der Waals surface area contributed by atoms with Gasteiger partial charge in [0.25, 0.3) is 5.91 Å². The van der Waals surface area contributed by atoms with Gasteiger partial charge in [-0.15, -0.1) is 0 Å². The van der Waals surface area contributed by atoms with E-state index in [2.05, 4.69) is 10.4 Å². The maximum atomic E-state index is 14.3. The summed E-state index contributed by atoms with van der Waals surface area (Å²) in [6.07, 6.45) is -5.18. The zero-order valence-electron chi connectivity index (χ0n) is 19.2. The number of aromatic nitrogens is 2. The minimum absolute atomic E-state index is 0.00249. The first-order valence-corrected chi connectivity index (χ1v) is 11.3. The summed E-state index contributed by atoms with van der Waals surface area (Å²) in [6.45, 7) is -1.09. The van der Waals surface area contributed by atoms with Crippen LogP contribution in [0.1, 0.15) is 49.1 Å². The lowest BCUT2D eigenvalue weighted by Gasteiger charge is -2.22. The number of nitrogens with two attached hydrogens (primary N) is 1. The lowest BCUT2D eigenvalue weighted by Crippen LogP contribution is -2.21. The number of rotatable bonds is 4. The van der Waals surface area contributed by atoms with E-state index in [1.54, 1.807) is 0 Å². The summed E-state index contributed by atoms with van der Waals surface area (Å²) in [6, 6.07) is 3.79. The van der Waals surface area contributed by atoms with Crippen LogP contribution < -0.4 is 11.1 Å². The number of carbonyl (C=O) groups is 2. The van der Waals surface area contributed by atoms with Gasteiger partial charge in [0, 0.05) is 34.1 Å². The molecule has 4 aromatic rings. The van der Waals surface area contributed by atoms with Gasteiger partial charge in [-0.25, -0.2) is 13.2 Å². The highest BCUT2D eigenvalue weighted by atomic mass is 35.5. The van der Waals surface area contributed by atoms with Crippen molar-refractivity contribution >= 4 is 34.3 Å². The minimum atomic E-state index is -5.18. The number of alkyl halides is 4. The summed E-state index contributed by atoms with van der Waals surface area (Å²) in [4.78, 5) is 25.5. The van der Waals surface area contributed by atoms with Crippen molar-refractivity contribution in [3.8, 4) is 11.1 Å². The summed E-state index contributed by atoms with van der Waals surface area (Å²) in [7, 11) is 1.38. The average Bonchev–Trinajstić information content (AvgIpc) is 3.34. The molecule has 5 rings (SSSR count). The van der Waals surface area contributed by atoms with E-state index in [0.717, 1.165) is 22.9 Å². The molecule has 0 radical (unpaired) electrons. The molecule has 6 nitrogen and oxygen atoms in total. The predicted molar refractivity (Wildman–Crippen MR) is 125 cm³/mol. The number of amides is 2. The molecule has 2 heterocycles. The second-order valence-corrected chi connectivity index (χ2v) is 9.03. The number of hydrogen-bond donors (Lipinski definition) is 2. The van der Waals surface area contributed by atoms with Crippen molar-refractivity contribution in [3.05, 3.63) is 86.6 Å². The highest BCUT2D eigenvalue weighted by Gasteiger charge is 2.42. The Morgan fingerprint density at radius 1 is 1.13 bits per heavy atom. The standard InChI is InChI=1S/C25H15ClF6N4O2/c1-36-17(8-27)12-7-13(18-14(23(33)37)5-10(29)6-15(18)25(30,31)32)19-20(22(12)35-36)24(38)34-21(19)11-4-9(28)2-3-16(11)26/h2-7,21H,8H2,1H3,(H2,33,37)(H,34,38). The van der Waals surface area contributed by atoms with Crippen molar-refractivity contribution in [3.63, 3.8) is 0 Å². The highest BCUT2D eigenvalue weighted by Crippen LogP contribution is 2.48. The van der Waals surface area contributed by atoms with Gasteiger partial charge in [0.15, 0.2) is 0 Å². The van der Waals surface area contributed by atoms with Crippen LogP contribution in [0.4, 0.5) is 26.3 Å². The van der Waals surface area contributed by atoms with E-state index in [1.165, 1.54) is 13.1 Å². The molecule has 1 aromatic heterocycles. The molecule has 3 aromatic carbocycles. The largest absolute Gasteiger partial charge is 0.417 e. The van der Waals surface area contributed by atoms with E-state index < -0.39 is 59.0 Å². The van der Waals surface area contributed by atoms with E-state index in [4.69, 9.17) is 17.3 Å². The molecule has 1 aliphatic heterocycles. The third-order valence-electron chi connectivity index (χ3n) is 6.42. The van der Waals surface area contributed by atoms with Crippen LogP contribution in [0.2, 0.25) is 5.02 Å². The molecule has 3 N–H and O–H groups in total. The van der Waals surface area contributed by atoms with Crippen molar-refractivity contribution in [1.82, 2.24) is 15.1 Å². The van der Waals surface area contributed by atoms with Crippen LogP contribution in [0.25, 0.3) is 22.0 Å². The fourth-order valence-corrected chi connectivity index (χ4v) is 5.08. The van der Waals surface area contributed by atoms with Gasteiger partial charge in [0.2, 0.25) is 5.91 Å². The number of nitrogens with zero attached hydrogens (tertiary/aromatic N) is 2. The summed E-state index contributed by atoms with van der Waals surface area (Å²) in [5, 5.41) is 6.72. The Bertz CT molecular complexity index is 1680. The maximum absolute atomic E-state index is 14.3. The van der Waals surface area contributed by atoms with Gasteiger partial charge in [-0.3, -0.25) is 14.3 Å². The molecule has 0 saturated heterocycles. The van der Waals surface area contributed by atoms with Gasteiger partial charge in [-0.1, -0.05) is 11.6 Å². The Morgan fingerprint density at radius 2 is 1.84 bits per heavy atom. The van der Waals surface area contributed by atoms with Crippen molar-refractivity contribution in [2.45, 2.75) is 18.9 Å². The Morgan fingerprint density at radius 3 is 2.47 bits per heavy atom. The van der Waals surface area contributed by atoms with Crippen molar-refractivity contribution in [1.29, 1.82) is 0 Å². The van der Waals surface area contributed by atoms with E-state index in [0.29, 0.717) is 6.07 Å². The van der Waals surface area contributed by atoms with Crippen LogP contribution >= 0.6 is 11.6 Å². The first kappa shape index (κ1) is 25.6. The molecule has 38 heavy (non-hydrogen) atoms. The second kappa shape index (κ2) is 8.76. The van der Waals surface area contributed by atoms with Crippen LogP contribution in [0.3, 0.4) is 0 Å². The normalized spacial score (nSPS) is 15.2. The molecular weight excluding hydrogens is 538 g/mol. The molecule has 2 amide bonds. The van der Waals surface area contributed by atoms with Crippen LogP contribution in [0.5, 0.6) is 0 Å². The molecule has 1 atom stereocenters. The summed E-state index contributed by atoms with van der Waals surface area (Å²) >= 11 is 6.27. The second-order valence-electron chi connectivity index (χ2n) is 8.62. The number of carbonyl (C=O) groups excluding carboxylic acids is 2. The van der Waals surface area contributed by atoms with Crippen LogP contribution in [0, 0.1) is 11.6 Å². The minimum Gasteiger partial charge on any atom is -0.366 e. The fraction of sp³-hybridized carbons (Fsp3) is 0.160. The number of hydrogen-bond acceptors (Lipinski definition) is 3. The monoisotopic (exact) mass is 552 g/mol. The predicted octanol–water partition coefficient (Wildman–Crippen LogP) is 5.59. The van der Waals surface area contributed by atoms with Gasteiger partial charge < -0.3 is 11.1 Å². The van der Waals surface area contributed by atoms with Crippen LogP contribution in [-0.2, 0) is 19.9 Å². The van der Waals surface area contributed by atoms with Gasteiger partial charge >= 0.3 is 6.18 Å². The lowest BCUT2D eigenvalue weighted by molar-refractivity contribution is -0.137. The lowest BCUT2D eigenvalue weighted by atomic mass is 9.84. The molecule has 196 valence electrons. The average molecular weight is 553 g/mol. The number of halogens is 7. The molecule has 0 spiro atoms. The van der Waals surface area contributed by atoms with Gasteiger partial charge in [0.1, 0.15) is 23.8 Å². The molecule has 0 bridgehead atoms. The quantitative estimate of drug-likeness (QED) is 0.323. The summed E-state index contributed by atoms with van der Waals surface area (Å²) in [5.74, 6) is -4.31. The topological polar surface area (TPSA) is 90.0 Å². The van der Waals surface area contributed by atoms with E-state index >= 15 is 0 Å². The van der Waals surface area contributed by atoms with Gasteiger partial charge in [0.05, 0.1) is 28.4 Å². The maximum Gasteiger partial charge on any atom is 0.417 e. The number of benzene rings is 3. The van der Waals surface area contributed by atoms with Crippen molar-refractivity contribution in [2.24, 2.45) is 12.8 Å². The Labute approximate surface area is 215 Å². The molecule has 13 heteroatoms. The smallest absolute Gasteiger partial charge is 0.366 e. The number of primary amides is 1. The number of fused-ring (bicyclic) bond motifs is 3. The zero-order valence-corrected chi connectivity index (χ0v) is 19.9. The first-order valence-electron chi connectivity index (χ1n) is 10.9. The zero-order chi connectivity index (χ0) is 27.7. The number of nitrogens with one attached hydrogen (secondary N) is 1. The van der Waals surface area contributed by atoms with E-state index in [9.17, 15) is 35.9 Å². The highest BCUT2D eigenvalue weighted by molar-refractivity contribution is 6.31. The van der Waals surface area contributed by atoms with Gasteiger partial charge in [-0.2, -0.15) is 18.3 Å². The van der Waals surface area contributed by atoms with Crippen molar-refractivity contribution in [2.75, 3.05) is 0 Å². The molecular formula is C25H15ClF6N4O2. The molecule has 1 aliphatic rings. The SMILES string of the molecule is Cn1nc2c3c(c(-c4c(C(N)=O)cc(F)cc4C(F)(F)F)cc2c1CF)C(c1cc(F)ccc1Cl)NC3=O. The Kier molecular flexibility index (Phi) is 5.90. The van der Waals surface area contributed by atoms with Crippen LogP contribution in [-0.4, -0.2) is 21.6 Å². The molecule has 1 unspecified atom stereocenters. The summed E-state index contributed by atoms with van der Waals surface area (Å²) in [5.41, 5.74) is 1.30. The third-order valence-corrected chi connectivity index (χ3v) is 6.77. The van der Waals surface area contributed by atoms with E-state index in [1.807, 2.05) is 0 Å². The molecule has 0 fully saturated rings. The fourth-order valence-electron chi connectivity index (χ4n) is 4.85. The molecule has 0 aliphatic carbocycles. The van der Waals surface area contributed by atoms with Crippen molar-refractivity contribution < 1.29 is 35.9 Å². The first-order chi connectivity index (χ1) is 17.8. The third kappa shape index (κ3) is 3.87.